The van der Waals surface area contributed by atoms with Crippen molar-refractivity contribution in [1.82, 2.24) is 20.3 Å². The van der Waals surface area contributed by atoms with Crippen molar-refractivity contribution < 1.29 is 18.0 Å². The number of rotatable bonds is 7. The summed E-state index contributed by atoms with van der Waals surface area (Å²) in [5.74, 6) is 0.0770. The third-order valence-electron chi connectivity index (χ3n) is 4.40. The van der Waals surface area contributed by atoms with Crippen molar-refractivity contribution in [3.8, 4) is 0 Å². The minimum atomic E-state index is -3.13. The van der Waals surface area contributed by atoms with Crippen molar-refractivity contribution in [1.29, 1.82) is 0 Å². The van der Waals surface area contributed by atoms with Crippen LogP contribution in [0.2, 0.25) is 0 Å². The van der Waals surface area contributed by atoms with Gasteiger partial charge >= 0.3 is 6.03 Å². The zero-order valence-electron chi connectivity index (χ0n) is 15.2. The Morgan fingerprint density at radius 3 is 2.26 bits per heavy atom. The molecule has 3 amide bonds. The molecular formula is C17H25BrN4O4S. The van der Waals surface area contributed by atoms with E-state index in [-0.39, 0.29) is 17.9 Å². The number of hydrogen-bond acceptors (Lipinski definition) is 4. The van der Waals surface area contributed by atoms with E-state index in [1.165, 1.54) is 10.6 Å². The van der Waals surface area contributed by atoms with Crippen LogP contribution < -0.4 is 16.0 Å². The normalized spacial score (nSPS) is 15.9. The quantitative estimate of drug-likeness (QED) is 0.530. The molecule has 2 rings (SSSR count). The van der Waals surface area contributed by atoms with Crippen LogP contribution in [0.5, 0.6) is 0 Å². The predicted molar refractivity (Wildman–Crippen MR) is 107 cm³/mol. The maximum Gasteiger partial charge on any atom is 0.314 e. The molecule has 150 valence electrons. The molecule has 0 atom stereocenters. The van der Waals surface area contributed by atoms with Gasteiger partial charge in [-0.1, -0.05) is 15.9 Å². The molecule has 10 heteroatoms. The Balaban J connectivity index is 1.57. The van der Waals surface area contributed by atoms with Crippen molar-refractivity contribution >= 4 is 37.9 Å². The number of hydrogen-bond donors (Lipinski definition) is 3. The summed E-state index contributed by atoms with van der Waals surface area (Å²) in [6.07, 6.45) is 2.68. The van der Waals surface area contributed by atoms with Crippen LogP contribution in [-0.2, 0) is 10.0 Å². The van der Waals surface area contributed by atoms with E-state index in [9.17, 15) is 18.0 Å². The number of nitrogens with zero attached hydrogens (tertiary/aromatic N) is 1. The third kappa shape index (κ3) is 7.47. The number of sulfonamides is 1. The summed E-state index contributed by atoms with van der Waals surface area (Å²) in [5, 5.41) is 8.23. The second kappa shape index (κ2) is 10.0. The van der Waals surface area contributed by atoms with Crippen LogP contribution >= 0.6 is 15.9 Å². The Kier molecular flexibility index (Phi) is 8.06. The first-order chi connectivity index (χ1) is 12.8. The lowest BCUT2D eigenvalue weighted by Gasteiger charge is -2.30. The highest BCUT2D eigenvalue weighted by Crippen LogP contribution is 2.18. The average Bonchev–Trinajstić information content (AvgIpc) is 2.63. The van der Waals surface area contributed by atoms with Gasteiger partial charge < -0.3 is 16.0 Å². The molecule has 8 nitrogen and oxygen atoms in total. The van der Waals surface area contributed by atoms with E-state index in [0.717, 1.165) is 17.3 Å². The number of carbonyl (C=O) groups is 2. The zero-order valence-corrected chi connectivity index (χ0v) is 17.6. The number of carbonyl (C=O) groups excluding carboxylic acids is 2. The van der Waals surface area contributed by atoms with Gasteiger partial charge in [0.2, 0.25) is 10.0 Å². The minimum Gasteiger partial charge on any atom is -0.350 e. The van der Waals surface area contributed by atoms with E-state index in [1.807, 2.05) is 0 Å². The molecule has 0 bridgehead atoms. The smallest absolute Gasteiger partial charge is 0.314 e. The third-order valence-corrected chi connectivity index (χ3v) is 6.23. The number of urea groups is 1. The molecule has 27 heavy (non-hydrogen) atoms. The van der Waals surface area contributed by atoms with E-state index >= 15 is 0 Å². The maximum atomic E-state index is 11.9. The van der Waals surface area contributed by atoms with Crippen LogP contribution in [-0.4, -0.2) is 63.6 Å². The fourth-order valence-corrected chi connectivity index (χ4v) is 3.94. The molecule has 0 radical (unpaired) electrons. The average molecular weight is 461 g/mol. The molecule has 1 heterocycles. The van der Waals surface area contributed by atoms with Crippen LogP contribution in [0, 0.1) is 5.92 Å². The van der Waals surface area contributed by atoms with Crippen LogP contribution in [0.4, 0.5) is 4.79 Å². The van der Waals surface area contributed by atoms with Gasteiger partial charge in [-0.3, -0.25) is 4.79 Å². The van der Waals surface area contributed by atoms with Gasteiger partial charge in [-0.05, 0) is 43.0 Å². The summed E-state index contributed by atoms with van der Waals surface area (Å²) in [4.78, 5) is 23.7. The number of nitrogens with one attached hydrogen (secondary N) is 3. The first-order valence-electron chi connectivity index (χ1n) is 8.76. The Bertz CT molecular complexity index is 747. The second-order valence-corrected chi connectivity index (χ2v) is 9.40. The monoisotopic (exact) mass is 460 g/mol. The zero-order chi connectivity index (χ0) is 19.9. The number of benzene rings is 1. The highest BCUT2D eigenvalue weighted by Gasteiger charge is 2.24. The summed E-state index contributed by atoms with van der Waals surface area (Å²) in [7, 11) is -3.13. The van der Waals surface area contributed by atoms with Crippen LogP contribution in [0.1, 0.15) is 23.2 Å². The molecule has 3 N–H and O–H groups in total. The van der Waals surface area contributed by atoms with E-state index < -0.39 is 10.0 Å². The maximum absolute atomic E-state index is 11.9. The lowest BCUT2D eigenvalue weighted by Crippen LogP contribution is -2.44. The fraction of sp³-hybridized carbons (Fsp3) is 0.529. The summed E-state index contributed by atoms with van der Waals surface area (Å²) in [6.45, 7) is 2.15. The summed E-state index contributed by atoms with van der Waals surface area (Å²) in [6, 6.07) is 6.73. The Hall–Kier alpha value is -1.65. The molecule has 1 saturated heterocycles. The van der Waals surface area contributed by atoms with E-state index in [4.69, 9.17) is 0 Å². The highest BCUT2D eigenvalue weighted by atomic mass is 79.9. The predicted octanol–water partition coefficient (Wildman–Crippen LogP) is 1.15. The summed E-state index contributed by atoms with van der Waals surface area (Å²) in [5.41, 5.74) is 0.558. The van der Waals surface area contributed by atoms with E-state index in [2.05, 4.69) is 31.9 Å². The van der Waals surface area contributed by atoms with Gasteiger partial charge in [0.1, 0.15) is 0 Å². The molecule has 0 saturated carbocycles. The molecular weight excluding hydrogens is 436 g/mol. The molecule has 0 aromatic heterocycles. The Morgan fingerprint density at radius 1 is 1.07 bits per heavy atom. The van der Waals surface area contributed by atoms with Gasteiger partial charge in [0.05, 0.1) is 6.26 Å². The molecule has 1 aromatic carbocycles. The Morgan fingerprint density at radius 2 is 1.67 bits per heavy atom. The molecule has 1 aliphatic heterocycles. The first-order valence-corrected chi connectivity index (χ1v) is 11.4. The van der Waals surface area contributed by atoms with Gasteiger partial charge in [0, 0.05) is 42.8 Å². The van der Waals surface area contributed by atoms with Crippen molar-refractivity contribution in [3.05, 3.63) is 34.3 Å². The first kappa shape index (κ1) is 21.6. The summed E-state index contributed by atoms with van der Waals surface area (Å²) < 4.78 is 25.3. The second-order valence-electron chi connectivity index (χ2n) is 6.51. The lowest BCUT2D eigenvalue weighted by molar-refractivity contribution is 0.0954. The van der Waals surface area contributed by atoms with Crippen LogP contribution in [0.15, 0.2) is 28.7 Å². The largest absolute Gasteiger partial charge is 0.350 e. The fourth-order valence-electron chi connectivity index (χ4n) is 2.80. The summed E-state index contributed by atoms with van der Waals surface area (Å²) >= 11 is 3.31. The standard InChI is InChI=1S/C17H25BrN4O4S/c1-27(25,26)22-10-6-13(7-11-22)12-21-17(24)20-9-8-19-16(23)14-2-4-15(18)5-3-14/h2-5,13H,6-12H2,1H3,(H,19,23)(H2,20,21,24). The van der Waals surface area contributed by atoms with Crippen molar-refractivity contribution in [3.63, 3.8) is 0 Å². The minimum absolute atomic E-state index is 0.192. The highest BCUT2D eigenvalue weighted by molar-refractivity contribution is 9.10. The van der Waals surface area contributed by atoms with Crippen molar-refractivity contribution in [2.24, 2.45) is 5.92 Å². The molecule has 1 fully saturated rings. The van der Waals surface area contributed by atoms with Crippen LogP contribution in [0.25, 0.3) is 0 Å². The van der Waals surface area contributed by atoms with Gasteiger partial charge in [-0.25, -0.2) is 17.5 Å². The molecule has 0 aliphatic carbocycles. The lowest BCUT2D eigenvalue weighted by atomic mass is 9.98. The van der Waals surface area contributed by atoms with Crippen molar-refractivity contribution in [2.75, 3.05) is 39.0 Å². The van der Waals surface area contributed by atoms with Gasteiger partial charge in [-0.15, -0.1) is 0 Å². The number of amides is 3. The van der Waals surface area contributed by atoms with Gasteiger partial charge in [-0.2, -0.15) is 0 Å². The van der Waals surface area contributed by atoms with Gasteiger partial charge in [0.25, 0.3) is 5.91 Å². The van der Waals surface area contributed by atoms with E-state index in [0.29, 0.717) is 38.3 Å². The van der Waals surface area contributed by atoms with Crippen molar-refractivity contribution in [2.45, 2.75) is 12.8 Å². The molecule has 0 spiro atoms. The van der Waals surface area contributed by atoms with Gasteiger partial charge in [0.15, 0.2) is 0 Å². The number of piperidine rings is 1. The molecule has 1 aromatic rings. The topological polar surface area (TPSA) is 108 Å². The molecule has 0 unspecified atom stereocenters. The molecule has 1 aliphatic rings. The SMILES string of the molecule is CS(=O)(=O)N1CCC(CNC(=O)NCCNC(=O)c2ccc(Br)cc2)CC1. The number of halogens is 1. The van der Waals surface area contributed by atoms with E-state index in [1.54, 1.807) is 24.3 Å². The van der Waals surface area contributed by atoms with Crippen LogP contribution in [0.3, 0.4) is 0 Å². The Labute approximate surface area is 168 Å².